The highest BCUT2D eigenvalue weighted by Crippen LogP contribution is 2.15. The zero-order valence-corrected chi connectivity index (χ0v) is 13.9. The third kappa shape index (κ3) is 4.67. The van der Waals surface area contributed by atoms with E-state index in [9.17, 15) is 13.2 Å². The Hall–Kier alpha value is -1.16. The van der Waals surface area contributed by atoms with Crippen molar-refractivity contribution in [3.63, 3.8) is 0 Å². The molecule has 3 N–H and O–H groups in total. The topological polar surface area (TPSA) is 113 Å². The van der Waals surface area contributed by atoms with E-state index in [0.29, 0.717) is 6.54 Å². The van der Waals surface area contributed by atoms with Crippen LogP contribution in [0.4, 0.5) is 0 Å². The minimum absolute atomic E-state index is 0. The number of carbonyl (C=O) groups is 1. The van der Waals surface area contributed by atoms with E-state index in [1.807, 2.05) is 0 Å². The number of rotatable bonds is 6. The quantitative estimate of drug-likeness (QED) is 0.634. The van der Waals surface area contributed by atoms with Crippen LogP contribution in [-0.4, -0.2) is 50.8 Å². The normalized spacial score (nSPS) is 18.5. The summed E-state index contributed by atoms with van der Waals surface area (Å²) >= 11 is 0. The van der Waals surface area contributed by atoms with Crippen LogP contribution in [0, 0.1) is 5.92 Å². The van der Waals surface area contributed by atoms with Gasteiger partial charge in [-0.15, -0.1) is 12.4 Å². The van der Waals surface area contributed by atoms with E-state index in [1.54, 1.807) is 6.92 Å². The molecule has 2 heterocycles. The van der Waals surface area contributed by atoms with Gasteiger partial charge in [0.1, 0.15) is 5.56 Å². The first-order valence-corrected chi connectivity index (χ1v) is 8.43. The number of halogens is 1. The van der Waals surface area contributed by atoms with Crippen LogP contribution in [0.1, 0.15) is 30.1 Å². The van der Waals surface area contributed by atoms with E-state index in [1.165, 1.54) is 0 Å². The minimum Gasteiger partial charge on any atom is -0.462 e. The van der Waals surface area contributed by atoms with Crippen molar-refractivity contribution < 1.29 is 17.9 Å². The summed E-state index contributed by atoms with van der Waals surface area (Å²) in [6.45, 7) is 3.91. The van der Waals surface area contributed by atoms with Crippen molar-refractivity contribution in [2.75, 3.05) is 26.2 Å². The highest BCUT2D eigenvalue weighted by atomic mass is 35.5. The van der Waals surface area contributed by atoms with Crippen LogP contribution in [-0.2, 0) is 14.8 Å². The molecule has 1 unspecified atom stereocenters. The molecule has 0 radical (unpaired) electrons. The third-order valence-corrected chi connectivity index (χ3v) is 4.72. The second kappa shape index (κ2) is 8.47. The number of hydrogen-bond acceptors (Lipinski definition) is 6. The van der Waals surface area contributed by atoms with Gasteiger partial charge in [-0.25, -0.2) is 17.9 Å². The SMILES string of the molecule is CCOC(=O)c1cn[nH]c1S(=O)(=O)NCC1CCCNC1.Cl. The molecule has 126 valence electrons. The molecule has 0 aliphatic carbocycles. The van der Waals surface area contributed by atoms with Gasteiger partial charge in [-0.3, -0.25) is 5.10 Å². The van der Waals surface area contributed by atoms with Gasteiger partial charge >= 0.3 is 5.97 Å². The molecule has 0 bridgehead atoms. The summed E-state index contributed by atoms with van der Waals surface area (Å²) in [7, 11) is -3.81. The molecule has 0 amide bonds. The van der Waals surface area contributed by atoms with Gasteiger partial charge < -0.3 is 10.1 Å². The number of aromatic amines is 1. The van der Waals surface area contributed by atoms with Crippen molar-refractivity contribution in [3.05, 3.63) is 11.8 Å². The van der Waals surface area contributed by atoms with Crippen molar-refractivity contribution in [1.29, 1.82) is 0 Å². The van der Waals surface area contributed by atoms with E-state index < -0.39 is 16.0 Å². The fourth-order valence-corrected chi connectivity index (χ4v) is 3.43. The number of sulfonamides is 1. The summed E-state index contributed by atoms with van der Waals surface area (Å²) in [6, 6.07) is 0. The lowest BCUT2D eigenvalue weighted by atomic mass is 10.0. The van der Waals surface area contributed by atoms with Crippen LogP contribution >= 0.6 is 12.4 Å². The molecule has 10 heteroatoms. The molecule has 22 heavy (non-hydrogen) atoms. The van der Waals surface area contributed by atoms with Gasteiger partial charge in [-0.2, -0.15) is 5.10 Å². The highest BCUT2D eigenvalue weighted by molar-refractivity contribution is 7.89. The highest BCUT2D eigenvalue weighted by Gasteiger charge is 2.26. The standard InChI is InChI=1S/C12H20N4O4S.ClH/c1-2-20-12(17)10-8-14-16-11(10)21(18,19)15-7-9-4-3-5-13-6-9;/h8-9,13,15H,2-7H2,1H3,(H,14,16);1H. The molecular formula is C12H21ClN4O4S. The van der Waals surface area contributed by atoms with Crippen LogP contribution in [0.15, 0.2) is 11.2 Å². The molecule has 2 rings (SSSR count). The van der Waals surface area contributed by atoms with Gasteiger partial charge in [-0.05, 0) is 38.8 Å². The van der Waals surface area contributed by atoms with E-state index in [0.717, 1.165) is 32.1 Å². The Morgan fingerprint density at radius 1 is 1.55 bits per heavy atom. The van der Waals surface area contributed by atoms with Crippen molar-refractivity contribution >= 4 is 28.4 Å². The van der Waals surface area contributed by atoms with Crippen LogP contribution in [0.25, 0.3) is 0 Å². The smallest absolute Gasteiger partial charge is 0.342 e. The fraction of sp³-hybridized carbons (Fsp3) is 0.667. The fourth-order valence-electron chi connectivity index (χ4n) is 2.23. The number of nitrogens with one attached hydrogen (secondary N) is 3. The van der Waals surface area contributed by atoms with E-state index in [4.69, 9.17) is 4.74 Å². The number of aromatic nitrogens is 2. The monoisotopic (exact) mass is 352 g/mol. The Kier molecular flexibility index (Phi) is 7.27. The summed E-state index contributed by atoms with van der Waals surface area (Å²) in [5.41, 5.74) is -0.0777. The number of carbonyl (C=O) groups excluding carboxylic acids is 1. The predicted octanol–water partition coefficient (Wildman–Crippen LogP) is 0.286. The first kappa shape index (κ1) is 18.9. The molecule has 1 aromatic heterocycles. The number of ether oxygens (including phenoxy) is 1. The van der Waals surface area contributed by atoms with E-state index >= 15 is 0 Å². The van der Waals surface area contributed by atoms with Crippen molar-refractivity contribution in [2.45, 2.75) is 24.8 Å². The molecule has 1 saturated heterocycles. The molecule has 1 fully saturated rings. The molecular weight excluding hydrogens is 332 g/mol. The summed E-state index contributed by atoms with van der Waals surface area (Å²) < 4.78 is 31.8. The van der Waals surface area contributed by atoms with Gasteiger partial charge in [0.15, 0.2) is 5.03 Å². The summed E-state index contributed by atoms with van der Waals surface area (Å²) in [5, 5.41) is 8.96. The molecule has 0 spiro atoms. The van der Waals surface area contributed by atoms with Gasteiger partial charge in [0, 0.05) is 6.54 Å². The molecule has 1 aliphatic heterocycles. The maximum absolute atomic E-state index is 12.3. The largest absolute Gasteiger partial charge is 0.462 e. The van der Waals surface area contributed by atoms with Crippen LogP contribution in [0.5, 0.6) is 0 Å². The number of esters is 1. The number of hydrogen-bond donors (Lipinski definition) is 3. The molecule has 0 aromatic carbocycles. The van der Waals surface area contributed by atoms with Crippen LogP contribution < -0.4 is 10.0 Å². The zero-order valence-electron chi connectivity index (χ0n) is 12.3. The Labute approximate surface area is 135 Å². The molecule has 1 aromatic rings. The van der Waals surface area contributed by atoms with Crippen molar-refractivity contribution in [1.82, 2.24) is 20.2 Å². The van der Waals surface area contributed by atoms with Crippen molar-refractivity contribution in [3.8, 4) is 0 Å². The average molecular weight is 353 g/mol. The zero-order chi connectivity index (χ0) is 15.3. The summed E-state index contributed by atoms with van der Waals surface area (Å²) in [5.74, 6) is -0.451. The van der Waals surface area contributed by atoms with Gasteiger partial charge in [0.2, 0.25) is 0 Å². The number of H-pyrrole nitrogens is 1. The lowest BCUT2D eigenvalue weighted by Gasteiger charge is -2.22. The average Bonchev–Trinajstić information content (AvgIpc) is 2.97. The maximum atomic E-state index is 12.3. The molecule has 1 aliphatic rings. The Morgan fingerprint density at radius 3 is 2.95 bits per heavy atom. The number of nitrogens with zero attached hydrogens (tertiary/aromatic N) is 1. The molecule has 0 saturated carbocycles. The van der Waals surface area contributed by atoms with Gasteiger partial charge in [0.25, 0.3) is 10.0 Å². The second-order valence-corrected chi connectivity index (χ2v) is 6.60. The first-order chi connectivity index (χ1) is 10.0. The first-order valence-electron chi connectivity index (χ1n) is 6.95. The van der Waals surface area contributed by atoms with Crippen molar-refractivity contribution in [2.24, 2.45) is 5.92 Å². The second-order valence-electron chi connectivity index (χ2n) is 4.90. The predicted molar refractivity (Wildman–Crippen MR) is 82.6 cm³/mol. The third-order valence-electron chi connectivity index (χ3n) is 3.33. The van der Waals surface area contributed by atoms with Gasteiger partial charge in [0.05, 0.1) is 12.8 Å². The van der Waals surface area contributed by atoms with E-state index in [-0.39, 0.29) is 35.5 Å². The lowest BCUT2D eigenvalue weighted by molar-refractivity contribution is 0.0522. The summed E-state index contributed by atoms with van der Waals surface area (Å²) in [4.78, 5) is 11.7. The minimum atomic E-state index is -3.81. The van der Waals surface area contributed by atoms with E-state index in [2.05, 4.69) is 20.2 Å². The molecule has 1 atom stereocenters. The summed E-state index contributed by atoms with van der Waals surface area (Å²) in [6.07, 6.45) is 3.17. The van der Waals surface area contributed by atoms with Gasteiger partial charge in [-0.1, -0.05) is 0 Å². The van der Waals surface area contributed by atoms with Crippen LogP contribution in [0.3, 0.4) is 0 Å². The lowest BCUT2D eigenvalue weighted by Crippen LogP contribution is -2.38. The Balaban J connectivity index is 0.00000242. The number of piperidine rings is 1. The molecule has 8 nitrogen and oxygen atoms in total. The maximum Gasteiger partial charge on any atom is 0.342 e. The van der Waals surface area contributed by atoms with Crippen LogP contribution in [0.2, 0.25) is 0 Å². The Morgan fingerprint density at radius 2 is 2.32 bits per heavy atom. The Bertz CT molecular complexity index is 584.